The Morgan fingerprint density at radius 3 is 1.77 bits per heavy atom. The lowest BCUT2D eigenvalue weighted by Crippen LogP contribution is -2.36. The SMILES string of the molecule is CC(C)C(=O)N1Cc2ccccc2C#Cc2ccccc21.CC(C)C(=O)ON1C(=O)CCC1=O.CC(C)N1C(=O)C=CC1=O. The van der Waals surface area contributed by atoms with Crippen LogP contribution in [0, 0.1) is 23.7 Å². The first-order valence-electron chi connectivity index (χ1n) is 14.4. The summed E-state index contributed by atoms with van der Waals surface area (Å²) in [4.78, 5) is 74.9. The van der Waals surface area contributed by atoms with Gasteiger partial charge in [0.15, 0.2) is 0 Å². The second-order valence-electron chi connectivity index (χ2n) is 11.1. The van der Waals surface area contributed by atoms with E-state index in [1.807, 2.05) is 81.1 Å². The summed E-state index contributed by atoms with van der Waals surface area (Å²) in [5, 5.41) is 0.558. The van der Waals surface area contributed by atoms with E-state index in [-0.39, 0.29) is 48.4 Å². The molecular formula is C34H37N3O7. The Kier molecular flexibility index (Phi) is 11.3. The molecular weight excluding hydrogens is 562 g/mol. The number of carbonyl (C=O) groups excluding carboxylic acids is 6. The average molecular weight is 600 g/mol. The summed E-state index contributed by atoms with van der Waals surface area (Å²) in [7, 11) is 0. The smallest absolute Gasteiger partial charge is 0.330 e. The molecule has 3 aliphatic heterocycles. The summed E-state index contributed by atoms with van der Waals surface area (Å²) >= 11 is 0. The van der Waals surface area contributed by atoms with Crippen LogP contribution >= 0.6 is 0 Å². The average Bonchev–Trinajstić information content (AvgIpc) is 3.49. The number of amides is 5. The van der Waals surface area contributed by atoms with Gasteiger partial charge in [-0.05, 0) is 37.6 Å². The topological polar surface area (TPSA) is 121 Å². The molecule has 230 valence electrons. The van der Waals surface area contributed by atoms with Crippen molar-refractivity contribution < 1.29 is 33.6 Å². The molecule has 5 rings (SSSR count). The molecule has 0 aromatic heterocycles. The van der Waals surface area contributed by atoms with Gasteiger partial charge in [0.25, 0.3) is 23.6 Å². The molecule has 0 spiro atoms. The molecule has 10 heteroatoms. The zero-order valence-corrected chi connectivity index (χ0v) is 25.8. The Hall–Kier alpha value is -5.04. The maximum absolute atomic E-state index is 12.6. The maximum atomic E-state index is 12.6. The molecule has 0 radical (unpaired) electrons. The van der Waals surface area contributed by atoms with Crippen LogP contribution in [0.2, 0.25) is 0 Å². The molecule has 0 saturated carbocycles. The lowest BCUT2D eigenvalue weighted by Gasteiger charge is -2.27. The van der Waals surface area contributed by atoms with Gasteiger partial charge in [-0.2, -0.15) is 0 Å². The van der Waals surface area contributed by atoms with Crippen LogP contribution in [-0.2, 0) is 40.1 Å². The van der Waals surface area contributed by atoms with Gasteiger partial charge in [0, 0.05) is 48.1 Å². The highest BCUT2D eigenvalue weighted by molar-refractivity contribution is 6.13. The lowest BCUT2D eigenvalue weighted by atomic mass is 10.0. The molecule has 1 fully saturated rings. The van der Waals surface area contributed by atoms with Crippen molar-refractivity contribution in [2.75, 3.05) is 4.90 Å². The number of fused-ring (bicyclic) bond motifs is 2. The Morgan fingerprint density at radius 2 is 1.25 bits per heavy atom. The van der Waals surface area contributed by atoms with Crippen LogP contribution in [0.4, 0.5) is 5.69 Å². The van der Waals surface area contributed by atoms with Crippen molar-refractivity contribution >= 4 is 41.2 Å². The number of carbonyl (C=O) groups is 6. The molecule has 3 aliphatic rings. The third-order valence-corrected chi connectivity index (χ3v) is 6.65. The highest BCUT2D eigenvalue weighted by Gasteiger charge is 2.33. The van der Waals surface area contributed by atoms with Crippen LogP contribution in [0.1, 0.15) is 71.1 Å². The molecule has 44 heavy (non-hydrogen) atoms. The molecule has 0 atom stereocenters. The van der Waals surface area contributed by atoms with Crippen molar-refractivity contribution in [1.29, 1.82) is 0 Å². The van der Waals surface area contributed by atoms with E-state index in [0.717, 1.165) is 22.4 Å². The number of hydroxylamine groups is 2. The molecule has 2 aromatic carbocycles. The normalized spacial score (nSPS) is 15.1. The summed E-state index contributed by atoms with van der Waals surface area (Å²) in [5.74, 6) is 4.29. The number of hydrogen-bond donors (Lipinski definition) is 0. The van der Waals surface area contributed by atoms with E-state index in [1.54, 1.807) is 13.8 Å². The highest BCUT2D eigenvalue weighted by Crippen LogP contribution is 2.26. The van der Waals surface area contributed by atoms with E-state index in [1.165, 1.54) is 17.1 Å². The molecule has 0 unspecified atom stereocenters. The number of nitrogens with zero attached hydrogens (tertiary/aromatic N) is 3. The monoisotopic (exact) mass is 599 g/mol. The molecule has 1 saturated heterocycles. The molecule has 0 N–H and O–H groups in total. The molecule has 3 heterocycles. The number of anilines is 1. The number of benzene rings is 2. The Morgan fingerprint density at radius 1 is 0.727 bits per heavy atom. The Balaban J connectivity index is 0.000000197. The molecule has 2 aromatic rings. The summed E-state index contributed by atoms with van der Waals surface area (Å²) in [6.07, 6.45) is 2.85. The molecule has 0 bridgehead atoms. The van der Waals surface area contributed by atoms with Gasteiger partial charge in [0.1, 0.15) is 0 Å². The van der Waals surface area contributed by atoms with Gasteiger partial charge in [0.05, 0.1) is 18.2 Å². The van der Waals surface area contributed by atoms with Gasteiger partial charge in [-0.15, -0.1) is 5.06 Å². The molecule has 5 amide bonds. The van der Waals surface area contributed by atoms with E-state index in [4.69, 9.17) is 0 Å². The van der Waals surface area contributed by atoms with Gasteiger partial charge in [-0.1, -0.05) is 69.9 Å². The van der Waals surface area contributed by atoms with Crippen molar-refractivity contribution in [3.05, 3.63) is 77.4 Å². The minimum Gasteiger partial charge on any atom is -0.330 e. The first-order chi connectivity index (χ1) is 20.8. The molecule has 0 aliphatic carbocycles. The van der Waals surface area contributed by atoms with Crippen LogP contribution in [0.25, 0.3) is 0 Å². The summed E-state index contributed by atoms with van der Waals surface area (Å²) in [5.41, 5.74) is 3.89. The fourth-order valence-corrected chi connectivity index (χ4v) is 4.27. The third-order valence-electron chi connectivity index (χ3n) is 6.65. The largest absolute Gasteiger partial charge is 0.335 e. The first-order valence-corrected chi connectivity index (χ1v) is 14.4. The van der Waals surface area contributed by atoms with E-state index in [9.17, 15) is 28.8 Å². The second kappa shape index (κ2) is 14.9. The number of rotatable bonds is 4. The van der Waals surface area contributed by atoms with Gasteiger partial charge < -0.3 is 9.74 Å². The van der Waals surface area contributed by atoms with E-state index in [0.29, 0.717) is 11.6 Å². The van der Waals surface area contributed by atoms with E-state index in [2.05, 4.69) is 16.7 Å². The zero-order chi connectivity index (χ0) is 32.6. The van der Waals surface area contributed by atoms with Crippen LogP contribution in [0.5, 0.6) is 0 Å². The Labute approximate surface area is 257 Å². The standard InChI is InChI=1S/C19H17NO.C8H11NO4.C7H9NO2/c1-14(2)19(21)20-13-17-9-4-3-7-15(17)11-12-16-8-5-6-10-18(16)20;1-5(2)8(12)13-9-6(10)3-4-7(9)11;1-5(2)8-6(9)3-4-7(8)10/h3-10,14H,13H2,1-2H3;5H,3-4H2,1-2H3;3-5H,1-2H3. The fourth-order valence-electron chi connectivity index (χ4n) is 4.27. The van der Waals surface area contributed by atoms with Crippen molar-refractivity contribution in [2.24, 2.45) is 11.8 Å². The van der Waals surface area contributed by atoms with Gasteiger partial charge in [-0.3, -0.25) is 28.9 Å². The molecule has 10 nitrogen and oxygen atoms in total. The van der Waals surface area contributed by atoms with Crippen molar-refractivity contribution in [2.45, 2.75) is 67.0 Å². The first kappa shape index (κ1) is 33.5. The van der Waals surface area contributed by atoms with Crippen LogP contribution < -0.4 is 4.90 Å². The maximum Gasteiger partial charge on any atom is 0.335 e. The Bertz CT molecular complexity index is 1510. The number of hydrogen-bond acceptors (Lipinski definition) is 7. The second-order valence-corrected chi connectivity index (χ2v) is 11.1. The van der Waals surface area contributed by atoms with Crippen molar-refractivity contribution in [1.82, 2.24) is 9.96 Å². The zero-order valence-electron chi connectivity index (χ0n) is 25.8. The van der Waals surface area contributed by atoms with Crippen LogP contribution in [0.15, 0.2) is 60.7 Å². The fraction of sp³-hybridized carbons (Fsp3) is 0.353. The van der Waals surface area contributed by atoms with Crippen molar-refractivity contribution in [3.8, 4) is 11.8 Å². The third kappa shape index (κ3) is 8.28. The number of para-hydroxylation sites is 1. The van der Waals surface area contributed by atoms with Gasteiger partial charge in [0.2, 0.25) is 5.91 Å². The predicted octanol–water partition coefficient (Wildman–Crippen LogP) is 4.16. The summed E-state index contributed by atoms with van der Waals surface area (Å²) < 4.78 is 0. The van der Waals surface area contributed by atoms with Crippen LogP contribution in [-0.4, -0.2) is 51.5 Å². The van der Waals surface area contributed by atoms with E-state index < -0.39 is 17.8 Å². The minimum atomic E-state index is -0.566. The summed E-state index contributed by atoms with van der Waals surface area (Å²) in [6, 6.07) is 15.8. The predicted molar refractivity (Wildman–Crippen MR) is 163 cm³/mol. The van der Waals surface area contributed by atoms with E-state index >= 15 is 0 Å². The lowest BCUT2D eigenvalue weighted by molar-refractivity contribution is -0.199. The van der Waals surface area contributed by atoms with Crippen molar-refractivity contribution in [3.63, 3.8) is 0 Å². The van der Waals surface area contributed by atoms with Gasteiger partial charge >= 0.3 is 5.97 Å². The minimum absolute atomic E-state index is 0.0324. The number of imide groups is 2. The quantitative estimate of drug-likeness (QED) is 0.382. The van der Waals surface area contributed by atoms with Crippen LogP contribution in [0.3, 0.4) is 0 Å². The summed E-state index contributed by atoms with van der Waals surface area (Å²) in [6.45, 7) is 11.3. The highest BCUT2D eigenvalue weighted by atomic mass is 16.7. The van der Waals surface area contributed by atoms with Gasteiger partial charge in [-0.25, -0.2) is 4.79 Å².